The number of benzene rings is 1. The third kappa shape index (κ3) is 5.04. The summed E-state index contributed by atoms with van der Waals surface area (Å²) < 4.78 is 6.02. The SMILES string of the molecule is Cc1ccc([C@@H]2CN(Cc3ccccc3)C[C@H]2c2cc(=O)[nH]c(NCc3cccnc3)n2)o1. The smallest absolute Gasteiger partial charge is 0.252 e. The molecule has 1 fully saturated rings. The zero-order valence-corrected chi connectivity index (χ0v) is 18.6. The molecule has 1 aliphatic heterocycles. The maximum atomic E-state index is 12.5. The number of hydrogen-bond acceptors (Lipinski definition) is 6. The van der Waals surface area contributed by atoms with Crippen molar-refractivity contribution >= 4 is 5.95 Å². The van der Waals surface area contributed by atoms with E-state index in [1.54, 1.807) is 18.5 Å². The Morgan fingerprint density at radius 1 is 1.06 bits per heavy atom. The monoisotopic (exact) mass is 441 g/mol. The molecule has 0 amide bonds. The molecular weight excluding hydrogens is 414 g/mol. The molecule has 0 spiro atoms. The van der Waals surface area contributed by atoms with Gasteiger partial charge in [-0.1, -0.05) is 36.4 Å². The van der Waals surface area contributed by atoms with Crippen molar-refractivity contribution in [2.75, 3.05) is 18.4 Å². The van der Waals surface area contributed by atoms with Gasteiger partial charge in [0, 0.05) is 56.5 Å². The number of anilines is 1. The Hall–Kier alpha value is -3.71. The van der Waals surface area contributed by atoms with Gasteiger partial charge in [0.15, 0.2) is 0 Å². The number of aryl methyl sites for hydroxylation is 1. The molecule has 4 heterocycles. The van der Waals surface area contributed by atoms with Gasteiger partial charge < -0.3 is 9.73 Å². The first-order valence-corrected chi connectivity index (χ1v) is 11.2. The van der Waals surface area contributed by atoms with E-state index in [2.05, 4.69) is 44.5 Å². The molecule has 5 rings (SSSR count). The van der Waals surface area contributed by atoms with Crippen molar-refractivity contribution in [3.63, 3.8) is 0 Å². The first-order valence-electron chi connectivity index (χ1n) is 11.2. The average Bonchev–Trinajstić information content (AvgIpc) is 3.45. The summed E-state index contributed by atoms with van der Waals surface area (Å²) in [6.07, 6.45) is 3.53. The highest BCUT2D eigenvalue weighted by atomic mass is 16.3. The zero-order chi connectivity index (χ0) is 22.6. The Labute approximate surface area is 192 Å². The van der Waals surface area contributed by atoms with Crippen LogP contribution in [0.15, 0.2) is 82.3 Å². The summed E-state index contributed by atoms with van der Waals surface area (Å²) in [5.74, 6) is 2.49. The predicted octanol–water partition coefficient (Wildman–Crippen LogP) is 4.06. The van der Waals surface area contributed by atoms with E-state index in [9.17, 15) is 4.79 Å². The topological polar surface area (TPSA) is 87.0 Å². The van der Waals surface area contributed by atoms with Crippen LogP contribution in [0, 0.1) is 6.92 Å². The van der Waals surface area contributed by atoms with Gasteiger partial charge in [-0.05, 0) is 36.2 Å². The van der Waals surface area contributed by atoms with Crippen molar-refractivity contribution in [1.29, 1.82) is 0 Å². The molecule has 7 heteroatoms. The fourth-order valence-electron chi connectivity index (χ4n) is 4.54. The first kappa shape index (κ1) is 21.2. The number of pyridine rings is 1. The van der Waals surface area contributed by atoms with Crippen LogP contribution >= 0.6 is 0 Å². The van der Waals surface area contributed by atoms with Crippen LogP contribution in [0.25, 0.3) is 0 Å². The van der Waals surface area contributed by atoms with Crippen molar-refractivity contribution in [2.24, 2.45) is 0 Å². The summed E-state index contributed by atoms with van der Waals surface area (Å²) in [4.78, 5) is 26.7. The maximum absolute atomic E-state index is 12.5. The number of furan rings is 1. The molecule has 1 saturated heterocycles. The molecule has 2 N–H and O–H groups in total. The quantitative estimate of drug-likeness (QED) is 0.450. The fourth-order valence-corrected chi connectivity index (χ4v) is 4.54. The Kier molecular flexibility index (Phi) is 6.04. The van der Waals surface area contributed by atoms with Crippen LogP contribution < -0.4 is 10.9 Å². The Bertz CT molecular complexity index is 1250. The van der Waals surface area contributed by atoms with E-state index in [0.717, 1.165) is 42.4 Å². The average molecular weight is 442 g/mol. The van der Waals surface area contributed by atoms with Crippen LogP contribution in [0.4, 0.5) is 5.95 Å². The number of hydrogen-bond donors (Lipinski definition) is 2. The molecule has 2 atom stereocenters. The summed E-state index contributed by atoms with van der Waals surface area (Å²) in [7, 11) is 0. The number of nitrogens with one attached hydrogen (secondary N) is 2. The van der Waals surface area contributed by atoms with Gasteiger partial charge in [-0.15, -0.1) is 0 Å². The van der Waals surface area contributed by atoms with Gasteiger partial charge in [-0.2, -0.15) is 0 Å². The van der Waals surface area contributed by atoms with E-state index in [0.29, 0.717) is 12.5 Å². The van der Waals surface area contributed by atoms with Crippen LogP contribution in [-0.4, -0.2) is 32.9 Å². The summed E-state index contributed by atoms with van der Waals surface area (Å²) in [6, 6.07) is 20.0. The van der Waals surface area contributed by atoms with E-state index >= 15 is 0 Å². The lowest BCUT2D eigenvalue weighted by atomic mass is 9.90. The number of H-pyrrole nitrogens is 1. The minimum atomic E-state index is -0.162. The first-order chi connectivity index (χ1) is 16.1. The van der Waals surface area contributed by atoms with Gasteiger partial charge in [0.1, 0.15) is 11.5 Å². The van der Waals surface area contributed by atoms with E-state index < -0.39 is 0 Å². The maximum Gasteiger partial charge on any atom is 0.252 e. The van der Waals surface area contributed by atoms with E-state index in [1.165, 1.54) is 5.56 Å². The standard InChI is InChI=1S/C26H27N5O2/c1-18-9-10-24(33-18)22-17-31(15-19-6-3-2-4-7-19)16-21(22)23-12-25(32)30-26(29-23)28-14-20-8-5-11-27-13-20/h2-13,21-22H,14-17H2,1H3,(H2,28,29,30,32)/t21-,22-/m1/s1. The van der Waals surface area contributed by atoms with Gasteiger partial charge in [0.2, 0.25) is 5.95 Å². The second-order valence-corrected chi connectivity index (χ2v) is 8.57. The van der Waals surface area contributed by atoms with E-state index in [4.69, 9.17) is 9.40 Å². The summed E-state index contributed by atoms with van der Waals surface area (Å²) in [5, 5.41) is 3.23. The lowest BCUT2D eigenvalue weighted by Crippen LogP contribution is -2.21. The van der Waals surface area contributed by atoms with Crippen LogP contribution in [-0.2, 0) is 13.1 Å². The molecule has 4 aromatic rings. The van der Waals surface area contributed by atoms with E-state index in [1.807, 2.05) is 37.3 Å². The highest BCUT2D eigenvalue weighted by Gasteiger charge is 2.38. The molecular formula is C26H27N5O2. The van der Waals surface area contributed by atoms with Gasteiger partial charge in [-0.25, -0.2) is 4.98 Å². The minimum absolute atomic E-state index is 0.0560. The second-order valence-electron chi connectivity index (χ2n) is 8.57. The summed E-state index contributed by atoms with van der Waals surface area (Å²) in [6.45, 7) is 4.99. The third-order valence-corrected chi connectivity index (χ3v) is 6.10. The summed E-state index contributed by atoms with van der Waals surface area (Å²) >= 11 is 0. The van der Waals surface area contributed by atoms with Crippen molar-refractivity contribution in [3.05, 3.63) is 112 Å². The number of aromatic amines is 1. The molecule has 1 aliphatic rings. The lowest BCUT2D eigenvalue weighted by Gasteiger charge is -2.17. The zero-order valence-electron chi connectivity index (χ0n) is 18.6. The van der Waals surface area contributed by atoms with Gasteiger partial charge in [0.25, 0.3) is 5.56 Å². The van der Waals surface area contributed by atoms with Crippen molar-refractivity contribution in [1.82, 2.24) is 19.9 Å². The van der Waals surface area contributed by atoms with Crippen LogP contribution in [0.3, 0.4) is 0 Å². The van der Waals surface area contributed by atoms with Gasteiger partial charge >= 0.3 is 0 Å². The predicted molar refractivity (Wildman–Crippen MR) is 127 cm³/mol. The van der Waals surface area contributed by atoms with E-state index in [-0.39, 0.29) is 17.4 Å². The number of aromatic nitrogens is 3. The van der Waals surface area contributed by atoms with Crippen molar-refractivity contribution in [2.45, 2.75) is 31.8 Å². The Balaban J connectivity index is 1.41. The van der Waals surface area contributed by atoms with Crippen LogP contribution in [0.2, 0.25) is 0 Å². The fraction of sp³-hybridized carbons (Fsp3) is 0.269. The number of nitrogens with zero attached hydrogens (tertiary/aromatic N) is 3. The Morgan fingerprint density at radius 3 is 2.64 bits per heavy atom. The molecule has 7 nitrogen and oxygen atoms in total. The lowest BCUT2D eigenvalue weighted by molar-refractivity contribution is 0.319. The number of likely N-dealkylation sites (tertiary alicyclic amines) is 1. The molecule has 0 saturated carbocycles. The molecule has 3 aromatic heterocycles. The molecule has 0 unspecified atom stereocenters. The Morgan fingerprint density at radius 2 is 1.88 bits per heavy atom. The van der Waals surface area contributed by atoms with Gasteiger partial charge in [0.05, 0.1) is 5.69 Å². The molecule has 168 valence electrons. The van der Waals surface area contributed by atoms with Crippen LogP contribution in [0.1, 0.15) is 40.2 Å². The van der Waals surface area contributed by atoms with Gasteiger partial charge in [-0.3, -0.25) is 19.7 Å². The summed E-state index contributed by atoms with van der Waals surface area (Å²) in [5.41, 5.74) is 2.90. The molecule has 0 aliphatic carbocycles. The molecule has 0 radical (unpaired) electrons. The normalized spacial score (nSPS) is 18.5. The molecule has 0 bridgehead atoms. The number of rotatable bonds is 7. The van der Waals surface area contributed by atoms with Crippen LogP contribution in [0.5, 0.6) is 0 Å². The highest BCUT2D eigenvalue weighted by molar-refractivity contribution is 5.31. The highest BCUT2D eigenvalue weighted by Crippen LogP contribution is 2.40. The third-order valence-electron chi connectivity index (χ3n) is 6.10. The van der Waals surface area contributed by atoms with Crippen molar-refractivity contribution < 1.29 is 4.42 Å². The largest absolute Gasteiger partial charge is 0.466 e. The minimum Gasteiger partial charge on any atom is -0.466 e. The van der Waals surface area contributed by atoms with Crippen molar-refractivity contribution in [3.8, 4) is 0 Å². The molecule has 1 aromatic carbocycles. The molecule has 33 heavy (non-hydrogen) atoms. The second kappa shape index (κ2) is 9.42.